The summed E-state index contributed by atoms with van der Waals surface area (Å²) in [7, 11) is 3.18. The molecule has 2 heterocycles. The van der Waals surface area contributed by atoms with Crippen molar-refractivity contribution in [2.75, 3.05) is 64.0 Å². The first kappa shape index (κ1) is 32.7. The zero-order chi connectivity index (χ0) is 31.3. The van der Waals surface area contributed by atoms with E-state index >= 15 is 0 Å². The van der Waals surface area contributed by atoms with Gasteiger partial charge in [0.1, 0.15) is 11.8 Å². The third-order valence-corrected chi connectivity index (χ3v) is 7.36. The number of hydrogen-bond acceptors (Lipinski definition) is 8. The number of methoxy groups -OCH3 is 2. The highest BCUT2D eigenvalue weighted by atomic mass is 32.1. The summed E-state index contributed by atoms with van der Waals surface area (Å²) in [5, 5.41) is 3.59. The van der Waals surface area contributed by atoms with E-state index in [1.165, 1.54) is 4.90 Å². The lowest BCUT2D eigenvalue weighted by Crippen LogP contribution is -2.48. The maximum absolute atomic E-state index is 13.6. The van der Waals surface area contributed by atoms with Crippen LogP contribution in [-0.2, 0) is 25.5 Å². The first-order chi connectivity index (χ1) is 21.4. The number of imide groups is 1. The maximum Gasteiger partial charge on any atom is 0.257 e. The van der Waals surface area contributed by atoms with Crippen LogP contribution in [-0.4, -0.2) is 81.7 Å². The van der Waals surface area contributed by atoms with Crippen molar-refractivity contribution in [2.24, 2.45) is 0 Å². The van der Waals surface area contributed by atoms with Crippen LogP contribution < -0.4 is 24.4 Å². The first-order valence-corrected chi connectivity index (χ1v) is 14.9. The van der Waals surface area contributed by atoms with Crippen molar-refractivity contribution in [1.82, 2.24) is 4.90 Å². The van der Waals surface area contributed by atoms with E-state index in [2.05, 4.69) is 5.32 Å². The second-order valence-corrected chi connectivity index (χ2v) is 10.3. The van der Waals surface area contributed by atoms with E-state index < -0.39 is 6.04 Å². The standard InChI is InChI=1S/C29H31N3O5S.C4H8O2/c1-4-37-23-13-11-22(12-14-23)32-27(33)19-24(28(32)34)31(29(38)30-21-8-6-5-7-9-21)17-16-20-10-15-25(35-2)26(18-20)36-3;1-2-6-4-3-5-1/h5-15,18,24H,4,16-17,19H2,1-3H3,(H,30,38);1-4H2. The average Bonchev–Trinajstić information content (AvgIpc) is 3.36. The van der Waals surface area contributed by atoms with E-state index in [0.717, 1.165) is 37.7 Å². The van der Waals surface area contributed by atoms with Crippen molar-refractivity contribution >= 4 is 40.5 Å². The first-order valence-electron chi connectivity index (χ1n) is 14.5. The fourth-order valence-electron chi connectivity index (χ4n) is 4.83. The van der Waals surface area contributed by atoms with Crippen LogP contribution in [0.2, 0.25) is 0 Å². The molecule has 11 heteroatoms. The lowest BCUT2D eigenvalue weighted by atomic mass is 10.1. The van der Waals surface area contributed by atoms with Crippen LogP contribution in [0.5, 0.6) is 17.2 Å². The Hall–Kier alpha value is -4.19. The van der Waals surface area contributed by atoms with Crippen molar-refractivity contribution in [3.8, 4) is 17.2 Å². The summed E-state index contributed by atoms with van der Waals surface area (Å²) in [4.78, 5) is 29.7. The molecule has 2 saturated heterocycles. The number of benzene rings is 3. The van der Waals surface area contributed by atoms with Crippen LogP contribution >= 0.6 is 12.2 Å². The van der Waals surface area contributed by atoms with Gasteiger partial charge in [-0.15, -0.1) is 0 Å². The van der Waals surface area contributed by atoms with E-state index in [4.69, 9.17) is 35.9 Å². The van der Waals surface area contributed by atoms with Gasteiger partial charge in [-0.3, -0.25) is 9.59 Å². The third kappa shape index (κ3) is 8.68. The van der Waals surface area contributed by atoms with E-state index in [1.807, 2.05) is 55.5 Å². The molecule has 3 aromatic carbocycles. The number of carbonyl (C=O) groups is 2. The van der Waals surface area contributed by atoms with Gasteiger partial charge in [0, 0.05) is 12.2 Å². The van der Waals surface area contributed by atoms with Gasteiger partial charge in [-0.25, -0.2) is 4.90 Å². The van der Waals surface area contributed by atoms with E-state index in [-0.39, 0.29) is 18.2 Å². The molecule has 2 aliphatic heterocycles. The molecule has 0 saturated carbocycles. The Labute approximate surface area is 263 Å². The molecule has 0 radical (unpaired) electrons. The molecule has 2 aliphatic rings. The third-order valence-electron chi connectivity index (χ3n) is 7.02. The van der Waals surface area contributed by atoms with Gasteiger partial charge in [-0.05, 0) is 79.7 Å². The molecule has 5 rings (SSSR count). The molecule has 0 aliphatic carbocycles. The predicted octanol–water partition coefficient (Wildman–Crippen LogP) is 4.71. The average molecular weight is 622 g/mol. The number of carbonyl (C=O) groups excluding carboxylic acids is 2. The van der Waals surface area contributed by atoms with E-state index in [9.17, 15) is 9.59 Å². The minimum Gasteiger partial charge on any atom is -0.494 e. The van der Waals surface area contributed by atoms with Gasteiger partial charge >= 0.3 is 0 Å². The smallest absolute Gasteiger partial charge is 0.257 e. The van der Waals surface area contributed by atoms with Crippen LogP contribution in [0.25, 0.3) is 0 Å². The number of thiocarbonyl (C=S) groups is 1. The second-order valence-electron chi connectivity index (χ2n) is 9.87. The van der Waals surface area contributed by atoms with Gasteiger partial charge < -0.3 is 33.9 Å². The Kier molecular flexibility index (Phi) is 12.3. The van der Waals surface area contributed by atoms with Gasteiger partial charge in [-0.2, -0.15) is 0 Å². The topological polar surface area (TPSA) is 98.8 Å². The van der Waals surface area contributed by atoms with Crippen LogP contribution in [0.4, 0.5) is 11.4 Å². The van der Waals surface area contributed by atoms with E-state index in [1.54, 1.807) is 43.4 Å². The Bertz CT molecular complexity index is 1370. The van der Waals surface area contributed by atoms with Crippen LogP contribution in [0.1, 0.15) is 18.9 Å². The molecule has 1 atom stereocenters. The molecule has 10 nitrogen and oxygen atoms in total. The van der Waals surface area contributed by atoms with Crippen molar-refractivity contribution in [3.05, 3.63) is 78.4 Å². The SMILES string of the molecule is C1COCCO1.CCOc1ccc(N2C(=O)CC(N(CCc3ccc(OC)c(OC)c3)C(=S)Nc3ccccc3)C2=O)cc1. The van der Waals surface area contributed by atoms with Gasteiger partial charge in [0.15, 0.2) is 16.6 Å². The highest BCUT2D eigenvalue weighted by Crippen LogP contribution is 2.30. The highest BCUT2D eigenvalue weighted by molar-refractivity contribution is 7.80. The Balaban J connectivity index is 0.000000657. The summed E-state index contributed by atoms with van der Waals surface area (Å²) in [5.74, 6) is 1.34. The number of rotatable bonds is 10. The van der Waals surface area contributed by atoms with Crippen molar-refractivity contribution in [3.63, 3.8) is 0 Å². The summed E-state index contributed by atoms with van der Waals surface area (Å²) in [6.45, 7) is 5.95. The van der Waals surface area contributed by atoms with E-state index in [0.29, 0.717) is 47.6 Å². The van der Waals surface area contributed by atoms with Gasteiger partial charge in [-0.1, -0.05) is 24.3 Å². The summed E-state index contributed by atoms with van der Waals surface area (Å²) in [6, 6.07) is 21.4. The zero-order valence-corrected chi connectivity index (χ0v) is 26.1. The molecular formula is C33H39N3O7S. The fourth-order valence-corrected chi connectivity index (χ4v) is 5.17. The zero-order valence-electron chi connectivity index (χ0n) is 25.3. The Morgan fingerprint density at radius 1 is 0.932 bits per heavy atom. The van der Waals surface area contributed by atoms with Crippen molar-refractivity contribution in [2.45, 2.75) is 25.8 Å². The molecule has 2 amide bonds. The predicted molar refractivity (Wildman–Crippen MR) is 173 cm³/mol. The van der Waals surface area contributed by atoms with Crippen molar-refractivity contribution in [1.29, 1.82) is 0 Å². The summed E-state index contributed by atoms with van der Waals surface area (Å²) in [6.07, 6.45) is 0.590. The Morgan fingerprint density at radius 2 is 1.59 bits per heavy atom. The number of nitrogens with one attached hydrogen (secondary N) is 1. The normalized spacial score (nSPS) is 16.1. The number of hydrogen-bond donors (Lipinski definition) is 1. The van der Waals surface area contributed by atoms with Gasteiger partial charge in [0.2, 0.25) is 5.91 Å². The lowest BCUT2D eigenvalue weighted by molar-refractivity contribution is -0.122. The fraction of sp³-hybridized carbons (Fsp3) is 0.364. The number of nitrogens with zero attached hydrogens (tertiary/aromatic N) is 2. The Morgan fingerprint density at radius 3 is 2.18 bits per heavy atom. The molecular weight excluding hydrogens is 582 g/mol. The van der Waals surface area contributed by atoms with Crippen LogP contribution in [0.15, 0.2) is 72.8 Å². The number of amides is 2. The molecule has 0 bridgehead atoms. The van der Waals surface area contributed by atoms with Gasteiger partial charge in [0.25, 0.3) is 5.91 Å². The molecule has 0 aromatic heterocycles. The minimum atomic E-state index is -0.738. The monoisotopic (exact) mass is 621 g/mol. The summed E-state index contributed by atoms with van der Waals surface area (Å²) in [5.41, 5.74) is 2.29. The molecule has 234 valence electrons. The number of anilines is 2. The molecule has 0 spiro atoms. The highest BCUT2D eigenvalue weighted by Gasteiger charge is 2.43. The molecule has 3 aromatic rings. The quantitative estimate of drug-likeness (QED) is 0.253. The summed E-state index contributed by atoms with van der Waals surface area (Å²) < 4.78 is 26.2. The lowest BCUT2D eigenvalue weighted by Gasteiger charge is -2.30. The van der Waals surface area contributed by atoms with Crippen molar-refractivity contribution < 1.29 is 33.3 Å². The number of para-hydroxylation sites is 1. The van der Waals surface area contributed by atoms with Crippen LogP contribution in [0, 0.1) is 0 Å². The minimum absolute atomic E-state index is 0.0224. The van der Waals surface area contributed by atoms with Crippen LogP contribution in [0.3, 0.4) is 0 Å². The van der Waals surface area contributed by atoms with Gasteiger partial charge in [0.05, 0.1) is 59.4 Å². The molecule has 44 heavy (non-hydrogen) atoms. The molecule has 1 N–H and O–H groups in total. The number of ether oxygens (including phenoxy) is 5. The second kappa shape index (κ2) is 16.6. The summed E-state index contributed by atoms with van der Waals surface area (Å²) >= 11 is 5.76. The maximum atomic E-state index is 13.6. The molecule has 2 fully saturated rings. The molecule has 1 unspecified atom stereocenters. The largest absolute Gasteiger partial charge is 0.494 e.